The van der Waals surface area contributed by atoms with Gasteiger partial charge in [0.15, 0.2) is 11.5 Å². The van der Waals surface area contributed by atoms with Crippen molar-refractivity contribution in [3.05, 3.63) is 29.5 Å². The number of hydrogen-bond acceptors (Lipinski definition) is 4. The molecule has 0 atom stereocenters. The number of aromatic nitrogens is 2. The summed E-state index contributed by atoms with van der Waals surface area (Å²) in [5.41, 5.74) is 7.62. The largest absolute Gasteiger partial charge is 0.493 e. The molecule has 0 aliphatic carbocycles. The summed E-state index contributed by atoms with van der Waals surface area (Å²) in [4.78, 5) is 11.5. The molecule has 1 aromatic heterocycles. The molecule has 0 saturated heterocycles. The Balaban J connectivity index is 2.57. The van der Waals surface area contributed by atoms with Crippen LogP contribution in [0, 0.1) is 6.92 Å². The van der Waals surface area contributed by atoms with Gasteiger partial charge in [-0.15, -0.1) is 0 Å². The summed E-state index contributed by atoms with van der Waals surface area (Å²) >= 11 is 0. The van der Waals surface area contributed by atoms with Gasteiger partial charge >= 0.3 is 0 Å². The summed E-state index contributed by atoms with van der Waals surface area (Å²) in [6.45, 7) is 1.75. The lowest BCUT2D eigenvalue weighted by atomic mass is 10.1. The number of methoxy groups -OCH3 is 2. The second kappa shape index (κ2) is 5.01. The summed E-state index contributed by atoms with van der Waals surface area (Å²) in [5, 5.41) is 6.88. The van der Waals surface area contributed by atoms with Gasteiger partial charge in [-0.05, 0) is 25.1 Å². The van der Waals surface area contributed by atoms with Gasteiger partial charge in [0, 0.05) is 11.3 Å². The minimum atomic E-state index is -0.518. The fourth-order valence-corrected chi connectivity index (χ4v) is 1.92. The van der Waals surface area contributed by atoms with E-state index in [0.29, 0.717) is 28.5 Å². The SMILES string of the molecule is COc1ccc(-c2n[nH]c(C)c2C(N)=O)cc1OC. The van der Waals surface area contributed by atoms with Gasteiger partial charge in [-0.1, -0.05) is 0 Å². The summed E-state index contributed by atoms with van der Waals surface area (Å²) in [6, 6.07) is 5.30. The first-order valence-electron chi connectivity index (χ1n) is 5.65. The van der Waals surface area contributed by atoms with Gasteiger partial charge in [0.05, 0.1) is 19.8 Å². The van der Waals surface area contributed by atoms with Crippen molar-refractivity contribution in [2.24, 2.45) is 5.73 Å². The molecule has 1 aromatic carbocycles. The molecule has 1 amide bonds. The van der Waals surface area contributed by atoms with Crippen molar-refractivity contribution >= 4 is 5.91 Å². The Hall–Kier alpha value is -2.50. The molecule has 2 rings (SSSR count). The van der Waals surface area contributed by atoms with Crippen LogP contribution in [0.5, 0.6) is 11.5 Å². The van der Waals surface area contributed by atoms with E-state index in [1.54, 1.807) is 39.3 Å². The maximum Gasteiger partial charge on any atom is 0.252 e. The number of carbonyl (C=O) groups excluding carboxylic acids is 1. The van der Waals surface area contributed by atoms with E-state index < -0.39 is 5.91 Å². The average molecular weight is 261 g/mol. The van der Waals surface area contributed by atoms with Gasteiger partial charge in [-0.2, -0.15) is 5.10 Å². The van der Waals surface area contributed by atoms with Gasteiger partial charge in [0.1, 0.15) is 5.69 Å². The van der Waals surface area contributed by atoms with E-state index in [2.05, 4.69) is 10.2 Å². The number of aromatic amines is 1. The Bertz CT molecular complexity index is 620. The number of nitrogens with one attached hydrogen (secondary N) is 1. The number of benzene rings is 1. The topological polar surface area (TPSA) is 90.2 Å². The van der Waals surface area contributed by atoms with Gasteiger partial charge in [0.25, 0.3) is 5.91 Å². The highest BCUT2D eigenvalue weighted by Gasteiger charge is 2.18. The van der Waals surface area contributed by atoms with Crippen molar-refractivity contribution in [2.75, 3.05) is 14.2 Å². The van der Waals surface area contributed by atoms with E-state index in [1.807, 2.05) is 0 Å². The number of aryl methyl sites for hydroxylation is 1. The van der Waals surface area contributed by atoms with E-state index in [4.69, 9.17) is 15.2 Å². The zero-order valence-corrected chi connectivity index (χ0v) is 11.0. The number of nitrogens with zero attached hydrogens (tertiary/aromatic N) is 1. The molecule has 0 aliphatic heterocycles. The van der Waals surface area contributed by atoms with Crippen LogP contribution < -0.4 is 15.2 Å². The number of nitrogens with two attached hydrogens (primary N) is 1. The van der Waals surface area contributed by atoms with Crippen molar-refractivity contribution in [3.8, 4) is 22.8 Å². The maximum atomic E-state index is 11.5. The third-order valence-corrected chi connectivity index (χ3v) is 2.85. The molecule has 0 unspecified atom stereocenters. The lowest BCUT2D eigenvalue weighted by Gasteiger charge is -2.09. The molecular weight excluding hydrogens is 246 g/mol. The van der Waals surface area contributed by atoms with Crippen molar-refractivity contribution in [1.82, 2.24) is 10.2 Å². The minimum Gasteiger partial charge on any atom is -0.493 e. The van der Waals surface area contributed by atoms with Crippen LogP contribution in [0.1, 0.15) is 16.1 Å². The number of H-pyrrole nitrogens is 1. The number of amides is 1. The Kier molecular flexibility index (Phi) is 3.41. The Morgan fingerprint density at radius 1 is 1.26 bits per heavy atom. The van der Waals surface area contributed by atoms with Crippen LogP contribution in [-0.2, 0) is 0 Å². The molecule has 0 bridgehead atoms. The molecule has 0 aliphatic rings. The van der Waals surface area contributed by atoms with Crippen LogP contribution in [0.4, 0.5) is 0 Å². The summed E-state index contributed by atoms with van der Waals surface area (Å²) in [6.07, 6.45) is 0. The van der Waals surface area contributed by atoms with Crippen LogP contribution in [0.25, 0.3) is 11.3 Å². The van der Waals surface area contributed by atoms with Crippen LogP contribution in [0.2, 0.25) is 0 Å². The van der Waals surface area contributed by atoms with Crippen LogP contribution in [0.3, 0.4) is 0 Å². The Morgan fingerprint density at radius 2 is 1.95 bits per heavy atom. The van der Waals surface area contributed by atoms with Crippen LogP contribution in [0.15, 0.2) is 18.2 Å². The number of primary amides is 1. The van der Waals surface area contributed by atoms with E-state index >= 15 is 0 Å². The number of rotatable bonds is 4. The molecule has 19 heavy (non-hydrogen) atoms. The van der Waals surface area contributed by atoms with Gasteiger partial charge in [-0.3, -0.25) is 9.89 Å². The lowest BCUT2D eigenvalue weighted by Crippen LogP contribution is -2.12. The smallest absolute Gasteiger partial charge is 0.252 e. The zero-order chi connectivity index (χ0) is 14.0. The first-order valence-corrected chi connectivity index (χ1v) is 5.65. The molecule has 0 spiro atoms. The first-order chi connectivity index (χ1) is 9.08. The van der Waals surface area contributed by atoms with Crippen molar-refractivity contribution < 1.29 is 14.3 Å². The Labute approximate surface area is 110 Å². The Morgan fingerprint density at radius 3 is 2.53 bits per heavy atom. The fourth-order valence-electron chi connectivity index (χ4n) is 1.92. The molecule has 6 nitrogen and oxygen atoms in total. The molecular formula is C13H15N3O3. The monoisotopic (exact) mass is 261 g/mol. The highest BCUT2D eigenvalue weighted by molar-refractivity contribution is 6.00. The predicted molar refractivity (Wildman–Crippen MR) is 70.4 cm³/mol. The zero-order valence-electron chi connectivity index (χ0n) is 11.0. The van der Waals surface area contributed by atoms with Crippen LogP contribution >= 0.6 is 0 Å². The number of carbonyl (C=O) groups is 1. The van der Waals surface area contributed by atoms with Gasteiger partial charge < -0.3 is 15.2 Å². The minimum absolute atomic E-state index is 0.382. The second-order valence-electron chi connectivity index (χ2n) is 4.01. The van der Waals surface area contributed by atoms with Gasteiger partial charge in [-0.25, -0.2) is 0 Å². The summed E-state index contributed by atoms with van der Waals surface area (Å²) in [7, 11) is 3.11. The van der Waals surface area contributed by atoms with Gasteiger partial charge in [0.2, 0.25) is 0 Å². The molecule has 1 heterocycles. The normalized spacial score (nSPS) is 10.3. The molecule has 0 fully saturated rings. The molecule has 0 radical (unpaired) electrons. The molecule has 6 heteroatoms. The number of ether oxygens (including phenoxy) is 2. The van der Waals surface area contributed by atoms with Crippen molar-refractivity contribution in [2.45, 2.75) is 6.92 Å². The summed E-state index contributed by atoms with van der Waals surface area (Å²) in [5.74, 6) is 0.659. The molecule has 2 aromatic rings. The van der Waals surface area contributed by atoms with Crippen molar-refractivity contribution in [1.29, 1.82) is 0 Å². The third-order valence-electron chi connectivity index (χ3n) is 2.85. The molecule has 0 saturated carbocycles. The van der Waals surface area contributed by atoms with E-state index in [9.17, 15) is 4.79 Å². The first kappa shape index (κ1) is 12.9. The predicted octanol–water partition coefficient (Wildman–Crippen LogP) is 1.50. The standard InChI is InChI=1S/C13H15N3O3/c1-7-11(13(14)17)12(16-15-7)8-4-5-9(18-2)10(6-8)19-3/h4-6H,1-3H3,(H2,14,17)(H,15,16). The maximum absolute atomic E-state index is 11.5. The summed E-state index contributed by atoms with van der Waals surface area (Å²) < 4.78 is 10.4. The van der Waals surface area contributed by atoms with Crippen molar-refractivity contribution in [3.63, 3.8) is 0 Å². The van der Waals surface area contributed by atoms with E-state index in [1.165, 1.54) is 0 Å². The molecule has 3 N–H and O–H groups in total. The number of hydrogen-bond donors (Lipinski definition) is 2. The third kappa shape index (κ3) is 2.24. The van der Waals surface area contributed by atoms with E-state index in [0.717, 1.165) is 5.56 Å². The highest BCUT2D eigenvalue weighted by atomic mass is 16.5. The quantitative estimate of drug-likeness (QED) is 0.872. The molecule has 100 valence electrons. The fraction of sp³-hybridized carbons (Fsp3) is 0.231. The van der Waals surface area contributed by atoms with E-state index in [-0.39, 0.29) is 0 Å². The average Bonchev–Trinajstić information content (AvgIpc) is 2.79. The second-order valence-corrected chi connectivity index (χ2v) is 4.01. The lowest BCUT2D eigenvalue weighted by molar-refractivity contribution is 0.100. The van der Waals surface area contributed by atoms with Crippen LogP contribution in [-0.4, -0.2) is 30.3 Å². The highest BCUT2D eigenvalue weighted by Crippen LogP contribution is 2.33.